The smallest absolute Gasteiger partial charge is 0.0252 e. The van der Waals surface area contributed by atoms with Crippen LogP contribution in [0.3, 0.4) is 0 Å². The van der Waals surface area contributed by atoms with Gasteiger partial charge in [0.05, 0.1) is 0 Å². The fraction of sp³-hybridized carbons (Fsp3) is 1.00. The van der Waals surface area contributed by atoms with Crippen molar-refractivity contribution in [3.63, 3.8) is 0 Å². The van der Waals surface area contributed by atoms with Gasteiger partial charge in [-0.2, -0.15) is 0 Å². The van der Waals surface area contributed by atoms with Gasteiger partial charge in [-0.15, -0.1) is 0 Å². The van der Waals surface area contributed by atoms with Crippen molar-refractivity contribution in [2.24, 2.45) is 5.41 Å². The highest BCUT2D eigenvalue weighted by Gasteiger charge is 2.33. The van der Waals surface area contributed by atoms with E-state index in [0.29, 0.717) is 11.5 Å². The molecular formula is C16H34N2. The number of nitrogens with one attached hydrogen (secondary N) is 1. The molecule has 2 heteroatoms. The first-order valence-electron chi connectivity index (χ1n) is 7.75. The van der Waals surface area contributed by atoms with Gasteiger partial charge in [-0.05, 0) is 32.6 Å². The summed E-state index contributed by atoms with van der Waals surface area (Å²) in [6.45, 7) is 17.7. The first-order valence-corrected chi connectivity index (χ1v) is 7.75. The molecule has 1 N–H and O–H groups in total. The molecule has 1 atom stereocenters. The Morgan fingerprint density at radius 3 is 2.56 bits per heavy atom. The summed E-state index contributed by atoms with van der Waals surface area (Å²) in [6, 6.07) is 0.670. The van der Waals surface area contributed by atoms with E-state index in [4.69, 9.17) is 0 Å². The molecule has 1 aliphatic heterocycles. The second-order valence-corrected chi connectivity index (χ2v) is 7.64. The van der Waals surface area contributed by atoms with Crippen LogP contribution in [0.1, 0.15) is 67.2 Å². The second-order valence-electron chi connectivity index (χ2n) is 7.64. The van der Waals surface area contributed by atoms with Crippen LogP contribution in [0.2, 0.25) is 0 Å². The number of rotatable bonds is 6. The van der Waals surface area contributed by atoms with E-state index in [-0.39, 0.29) is 5.54 Å². The van der Waals surface area contributed by atoms with Gasteiger partial charge in [0.15, 0.2) is 0 Å². The molecule has 0 bridgehead atoms. The summed E-state index contributed by atoms with van der Waals surface area (Å²) >= 11 is 0. The Morgan fingerprint density at radius 1 is 1.28 bits per heavy atom. The molecule has 0 aromatic heterocycles. The molecule has 1 fully saturated rings. The van der Waals surface area contributed by atoms with Crippen molar-refractivity contribution in [1.29, 1.82) is 0 Å². The molecule has 1 saturated heterocycles. The van der Waals surface area contributed by atoms with Crippen LogP contribution in [-0.2, 0) is 0 Å². The molecule has 1 aliphatic rings. The standard InChI is InChI=1S/C16H34N2/c1-7-8-9-10-15(3,4)12-18-13-16(5,6)17-11-14(18)2/h14,17H,7-13H2,1-6H3. The summed E-state index contributed by atoms with van der Waals surface area (Å²) in [5, 5.41) is 3.63. The van der Waals surface area contributed by atoms with Gasteiger partial charge in [0.1, 0.15) is 0 Å². The summed E-state index contributed by atoms with van der Waals surface area (Å²) in [5.41, 5.74) is 0.725. The fourth-order valence-electron chi connectivity index (χ4n) is 2.97. The number of piperazine rings is 1. The number of hydrogen-bond donors (Lipinski definition) is 1. The van der Waals surface area contributed by atoms with Crippen LogP contribution in [0.25, 0.3) is 0 Å². The predicted molar refractivity (Wildman–Crippen MR) is 81.0 cm³/mol. The van der Waals surface area contributed by atoms with Crippen LogP contribution in [0.4, 0.5) is 0 Å². The third-order valence-corrected chi connectivity index (χ3v) is 4.19. The first-order chi connectivity index (χ1) is 8.26. The molecule has 108 valence electrons. The molecule has 1 heterocycles. The van der Waals surface area contributed by atoms with Crippen molar-refractivity contribution in [2.45, 2.75) is 78.8 Å². The Hall–Kier alpha value is -0.0800. The fourth-order valence-corrected chi connectivity index (χ4v) is 2.97. The number of unbranched alkanes of at least 4 members (excludes halogenated alkanes) is 2. The van der Waals surface area contributed by atoms with Crippen molar-refractivity contribution in [3.8, 4) is 0 Å². The molecule has 0 aromatic rings. The molecule has 0 aromatic carbocycles. The van der Waals surface area contributed by atoms with E-state index in [0.717, 1.165) is 6.54 Å². The highest BCUT2D eigenvalue weighted by Crippen LogP contribution is 2.27. The van der Waals surface area contributed by atoms with E-state index in [2.05, 4.69) is 51.8 Å². The van der Waals surface area contributed by atoms with E-state index < -0.39 is 0 Å². The van der Waals surface area contributed by atoms with E-state index >= 15 is 0 Å². The van der Waals surface area contributed by atoms with E-state index in [1.54, 1.807) is 0 Å². The second kappa shape index (κ2) is 6.38. The van der Waals surface area contributed by atoms with Gasteiger partial charge >= 0.3 is 0 Å². The minimum absolute atomic E-state index is 0.270. The first kappa shape index (κ1) is 16.0. The lowest BCUT2D eigenvalue weighted by atomic mass is 9.85. The lowest BCUT2D eigenvalue weighted by Crippen LogP contribution is -2.61. The van der Waals surface area contributed by atoms with Crippen molar-refractivity contribution in [3.05, 3.63) is 0 Å². The van der Waals surface area contributed by atoms with E-state index in [1.807, 2.05) is 0 Å². The van der Waals surface area contributed by atoms with Gasteiger partial charge in [-0.25, -0.2) is 0 Å². The zero-order valence-electron chi connectivity index (χ0n) is 13.5. The van der Waals surface area contributed by atoms with Crippen LogP contribution < -0.4 is 5.32 Å². The quantitative estimate of drug-likeness (QED) is 0.728. The van der Waals surface area contributed by atoms with Crippen LogP contribution in [0.15, 0.2) is 0 Å². The largest absolute Gasteiger partial charge is 0.309 e. The number of hydrogen-bond acceptors (Lipinski definition) is 2. The zero-order chi connectivity index (χ0) is 13.8. The molecule has 0 amide bonds. The summed E-state index contributed by atoms with van der Waals surface area (Å²) in [6.07, 6.45) is 5.45. The normalized spacial score (nSPS) is 25.3. The summed E-state index contributed by atoms with van der Waals surface area (Å²) in [5.74, 6) is 0. The predicted octanol–water partition coefficient (Wildman–Crippen LogP) is 3.67. The summed E-state index contributed by atoms with van der Waals surface area (Å²) in [4.78, 5) is 2.68. The van der Waals surface area contributed by atoms with Gasteiger partial charge in [-0.3, -0.25) is 4.90 Å². The maximum absolute atomic E-state index is 3.63. The Labute approximate surface area is 115 Å². The van der Waals surface area contributed by atoms with Crippen molar-refractivity contribution in [1.82, 2.24) is 10.2 Å². The van der Waals surface area contributed by atoms with Crippen LogP contribution >= 0.6 is 0 Å². The Bertz CT molecular complexity index is 245. The minimum Gasteiger partial charge on any atom is -0.309 e. The maximum Gasteiger partial charge on any atom is 0.0252 e. The summed E-state index contributed by atoms with van der Waals surface area (Å²) in [7, 11) is 0. The molecule has 18 heavy (non-hydrogen) atoms. The molecule has 2 nitrogen and oxygen atoms in total. The van der Waals surface area contributed by atoms with Gasteiger partial charge in [-0.1, -0.05) is 40.0 Å². The Morgan fingerprint density at radius 2 is 1.94 bits per heavy atom. The third kappa shape index (κ3) is 5.27. The molecule has 1 unspecified atom stereocenters. The molecule has 0 saturated carbocycles. The van der Waals surface area contributed by atoms with Crippen LogP contribution in [0.5, 0.6) is 0 Å². The Balaban J connectivity index is 2.47. The third-order valence-electron chi connectivity index (χ3n) is 4.19. The van der Waals surface area contributed by atoms with E-state index in [9.17, 15) is 0 Å². The average molecular weight is 254 g/mol. The average Bonchev–Trinajstić information content (AvgIpc) is 2.23. The Kier molecular flexibility index (Phi) is 5.67. The maximum atomic E-state index is 3.63. The highest BCUT2D eigenvalue weighted by atomic mass is 15.2. The van der Waals surface area contributed by atoms with Gasteiger partial charge in [0.25, 0.3) is 0 Å². The van der Waals surface area contributed by atoms with Crippen LogP contribution in [0, 0.1) is 5.41 Å². The molecule has 0 aliphatic carbocycles. The van der Waals surface area contributed by atoms with E-state index in [1.165, 1.54) is 38.8 Å². The summed E-state index contributed by atoms with van der Waals surface area (Å²) < 4.78 is 0. The zero-order valence-corrected chi connectivity index (χ0v) is 13.5. The molecule has 1 rings (SSSR count). The lowest BCUT2D eigenvalue weighted by Gasteiger charge is -2.46. The SMILES string of the molecule is CCCCCC(C)(C)CN1CC(C)(C)NCC1C. The minimum atomic E-state index is 0.270. The van der Waals surface area contributed by atoms with Crippen molar-refractivity contribution >= 4 is 0 Å². The lowest BCUT2D eigenvalue weighted by molar-refractivity contribution is 0.0629. The topological polar surface area (TPSA) is 15.3 Å². The van der Waals surface area contributed by atoms with Crippen molar-refractivity contribution in [2.75, 3.05) is 19.6 Å². The molecule has 0 spiro atoms. The van der Waals surface area contributed by atoms with Gasteiger partial charge < -0.3 is 5.32 Å². The molecule has 0 radical (unpaired) electrons. The molecular weight excluding hydrogens is 220 g/mol. The highest BCUT2D eigenvalue weighted by molar-refractivity contribution is 4.92. The van der Waals surface area contributed by atoms with Gasteiger partial charge in [0.2, 0.25) is 0 Å². The van der Waals surface area contributed by atoms with Gasteiger partial charge in [0, 0.05) is 31.2 Å². The van der Waals surface area contributed by atoms with Crippen LogP contribution in [-0.4, -0.2) is 36.1 Å². The number of nitrogens with zero attached hydrogens (tertiary/aromatic N) is 1. The van der Waals surface area contributed by atoms with Crippen molar-refractivity contribution < 1.29 is 0 Å². The monoisotopic (exact) mass is 254 g/mol.